The van der Waals surface area contributed by atoms with Crippen molar-refractivity contribution in [2.45, 2.75) is 6.92 Å². The first-order valence-electron chi connectivity index (χ1n) is 11.9. The van der Waals surface area contributed by atoms with Crippen LogP contribution in [0.5, 0.6) is 0 Å². The predicted molar refractivity (Wildman–Crippen MR) is 137 cm³/mol. The highest BCUT2D eigenvalue weighted by Crippen LogP contribution is 2.36. The van der Waals surface area contributed by atoms with E-state index in [-0.39, 0.29) is 0 Å². The molecule has 0 radical (unpaired) electrons. The van der Waals surface area contributed by atoms with Crippen LogP contribution in [0.25, 0.3) is 50.3 Å². The summed E-state index contributed by atoms with van der Waals surface area (Å²) in [7, 11) is 0. The molecule has 0 spiro atoms. The van der Waals surface area contributed by atoms with Crippen LogP contribution < -0.4 is 4.90 Å². The number of anilines is 1. The number of aromatic nitrogens is 8. The average molecular weight is 478 g/mol. The van der Waals surface area contributed by atoms with Gasteiger partial charge in [0.15, 0.2) is 5.82 Å². The number of fused-ring (bicyclic) bond motifs is 2. The minimum Gasteiger partial charge on any atom is -0.378 e. The van der Waals surface area contributed by atoms with Crippen LogP contribution in [0.3, 0.4) is 0 Å². The van der Waals surface area contributed by atoms with E-state index in [1.807, 2.05) is 31.3 Å². The zero-order chi connectivity index (χ0) is 24.1. The number of morpholine rings is 1. The van der Waals surface area contributed by atoms with Crippen LogP contribution in [0.4, 0.5) is 5.69 Å². The minimum absolute atomic E-state index is 0.693. The Bertz CT molecular complexity index is 1680. The normalized spacial score (nSPS) is 14.2. The summed E-state index contributed by atoms with van der Waals surface area (Å²) in [5, 5.41) is 15.2. The van der Waals surface area contributed by atoms with Gasteiger partial charge in [0, 0.05) is 41.5 Å². The molecule has 0 atom stereocenters. The van der Waals surface area contributed by atoms with E-state index in [1.165, 1.54) is 6.33 Å². The molecule has 2 aromatic carbocycles. The maximum atomic E-state index is 5.60. The second kappa shape index (κ2) is 8.28. The Balaban J connectivity index is 1.53. The Hall–Kier alpha value is -4.57. The number of aromatic amines is 2. The van der Waals surface area contributed by atoms with E-state index in [4.69, 9.17) is 14.7 Å². The Kier molecular flexibility index (Phi) is 4.78. The summed E-state index contributed by atoms with van der Waals surface area (Å²) in [6.45, 7) is 5.11. The molecule has 10 nitrogen and oxygen atoms in total. The van der Waals surface area contributed by atoms with Crippen molar-refractivity contribution in [2.24, 2.45) is 0 Å². The quantitative estimate of drug-likeness (QED) is 0.396. The number of aryl methyl sites for hydroxylation is 1. The molecule has 1 saturated heterocycles. The lowest BCUT2D eigenvalue weighted by molar-refractivity contribution is 0.122. The van der Waals surface area contributed by atoms with E-state index in [0.29, 0.717) is 19.0 Å². The van der Waals surface area contributed by atoms with Crippen molar-refractivity contribution in [3.8, 4) is 28.3 Å². The van der Waals surface area contributed by atoms with Crippen molar-refractivity contribution < 1.29 is 4.74 Å². The topological polar surface area (TPSA) is 113 Å². The molecular formula is C26H23N9O. The Morgan fingerprint density at radius 3 is 2.69 bits per heavy atom. The van der Waals surface area contributed by atoms with E-state index >= 15 is 0 Å². The van der Waals surface area contributed by atoms with Crippen molar-refractivity contribution >= 4 is 27.6 Å². The van der Waals surface area contributed by atoms with Gasteiger partial charge in [-0.1, -0.05) is 18.2 Å². The summed E-state index contributed by atoms with van der Waals surface area (Å²) >= 11 is 0. The smallest absolute Gasteiger partial charge is 0.157 e. The van der Waals surface area contributed by atoms with Crippen LogP contribution in [-0.4, -0.2) is 66.2 Å². The van der Waals surface area contributed by atoms with Gasteiger partial charge >= 0.3 is 0 Å². The average Bonchev–Trinajstić information content (AvgIpc) is 3.69. The van der Waals surface area contributed by atoms with E-state index in [0.717, 1.165) is 69.0 Å². The van der Waals surface area contributed by atoms with Crippen LogP contribution in [0.1, 0.15) is 5.82 Å². The lowest BCUT2D eigenvalue weighted by atomic mass is 10.1. The number of H-pyrrole nitrogens is 2. The number of rotatable bonds is 4. The van der Waals surface area contributed by atoms with Gasteiger partial charge in [-0.25, -0.2) is 15.0 Å². The van der Waals surface area contributed by atoms with Gasteiger partial charge in [-0.2, -0.15) is 10.2 Å². The standard InChI is InChI=1S/C26H23N9O/c1-16-31-25-20(26-27-15-30-33-26)10-18(34-6-8-36-9-7-34)11-24(25)35(16)23-12-22(17-13-28-29-14-17)32-21-5-3-2-4-19(21)23/h2-5,10-15H,6-9H2,1H3,(H,28,29)(H,27,30,33). The first-order valence-corrected chi connectivity index (χ1v) is 11.9. The number of pyridine rings is 1. The number of nitrogens with one attached hydrogen (secondary N) is 2. The van der Waals surface area contributed by atoms with E-state index in [2.05, 4.69) is 59.1 Å². The van der Waals surface area contributed by atoms with Crippen molar-refractivity contribution in [1.82, 2.24) is 39.9 Å². The predicted octanol–water partition coefficient (Wildman–Crippen LogP) is 3.89. The van der Waals surface area contributed by atoms with Crippen LogP contribution in [0, 0.1) is 6.92 Å². The molecule has 4 aromatic heterocycles. The monoisotopic (exact) mass is 477 g/mol. The molecule has 0 amide bonds. The molecule has 1 aliphatic rings. The molecule has 178 valence electrons. The Labute approximate surface area is 206 Å². The largest absolute Gasteiger partial charge is 0.378 e. The summed E-state index contributed by atoms with van der Waals surface area (Å²) in [6, 6.07) is 14.7. The van der Waals surface area contributed by atoms with E-state index in [1.54, 1.807) is 6.20 Å². The first kappa shape index (κ1) is 20.8. The van der Waals surface area contributed by atoms with Gasteiger partial charge < -0.3 is 9.64 Å². The number of imidazole rings is 1. The second-order valence-electron chi connectivity index (χ2n) is 8.82. The summed E-state index contributed by atoms with van der Waals surface area (Å²) in [6.07, 6.45) is 5.18. The molecule has 6 aromatic rings. The molecule has 1 fully saturated rings. The van der Waals surface area contributed by atoms with Gasteiger partial charge in [-0.3, -0.25) is 14.8 Å². The van der Waals surface area contributed by atoms with E-state index in [9.17, 15) is 0 Å². The Morgan fingerprint density at radius 2 is 1.89 bits per heavy atom. The van der Waals surface area contributed by atoms with Gasteiger partial charge in [-0.05, 0) is 31.2 Å². The lowest BCUT2D eigenvalue weighted by Crippen LogP contribution is -2.36. The van der Waals surface area contributed by atoms with Crippen molar-refractivity contribution in [3.63, 3.8) is 0 Å². The van der Waals surface area contributed by atoms with E-state index < -0.39 is 0 Å². The minimum atomic E-state index is 0.693. The zero-order valence-corrected chi connectivity index (χ0v) is 19.6. The lowest BCUT2D eigenvalue weighted by Gasteiger charge is -2.29. The Morgan fingerprint density at radius 1 is 1.00 bits per heavy atom. The van der Waals surface area contributed by atoms with Crippen LogP contribution in [0.15, 0.2) is 61.2 Å². The fourth-order valence-electron chi connectivity index (χ4n) is 4.98. The molecule has 7 rings (SSSR count). The van der Waals surface area contributed by atoms with Gasteiger partial charge in [-0.15, -0.1) is 0 Å². The van der Waals surface area contributed by atoms with Crippen LogP contribution in [-0.2, 0) is 4.74 Å². The molecule has 0 unspecified atom stereocenters. The third kappa shape index (κ3) is 3.34. The van der Waals surface area contributed by atoms with Crippen molar-refractivity contribution in [3.05, 3.63) is 67.0 Å². The number of benzene rings is 2. The van der Waals surface area contributed by atoms with Crippen molar-refractivity contribution in [2.75, 3.05) is 31.2 Å². The third-order valence-corrected chi connectivity index (χ3v) is 6.69. The highest BCUT2D eigenvalue weighted by Gasteiger charge is 2.22. The molecule has 2 N–H and O–H groups in total. The maximum absolute atomic E-state index is 5.60. The number of hydrogen-bond acceptors (Lipinski definition) is 7. The molecular weight excluding hydrogens is 454 g/mol. The first-order chi connectivity index (χ1) is 17.8. The van der Waals surface area contributed by atoms with Gasteiger partial charge in [0.2, 0.25) is 0 Å². The highest BCUT2D eigenvalue weighted by molar-refractivity contribution is 5.98. The molecule has 36 heavy (non-hydrogen) atoms. The SMILES string of the molecule is Cc1nc2c(-c3ncn[nH]3)cc(N3CCOCC3)cc2n1-c1cc(-c2cn[nH]c2)nc2ccccc12. The van der Waals surface area contributed by atoms with Crippen LogP contribution in [0.2, 0.25) is 0 Å². The summed E-state index contributed by atoms with van der Waals surface area (Å²) in [4.78, 5) is 16.7. The third-order valence-electron chi connectivity index (χ3n) is 6.69. The molecule has 0 saturated carbocycles. The second-order valence-corrected chi connectivity index (χ2v) is 8.82. The number of nitrogens with zero attached hydrogens (tertiary/aromatic N) is 7. The fourth-order valence-corrected chi connectivity index (χ4v) is 4.98. The highest BCUT2D eigenvalue weighted by atomic mass is 16.5. The summed E-state index contributed by atoms with van der Waals surface area (Å²) in [5.41, 5.74) is 7.59. The number of ether oxygens (including phenoxy) is 1. The number of hydrogen-bond donors (Lipinski definition) is 2. The molecule has 0 bridgehead atoms. The molecule has 0 aliphatic carbocycles. The summed E-state index contributed by atoms with van der Waals surface area (Å²) in [5.74, 6) is 1.57. The fraction of sp³-hybridized carbons (Fsp3) is 0.192. The summed E-state index contributed by atoms with van der Waals surface area (Å²) < 4.78 is 7.82. The number of para-hydroxylation sites is 1. The zero-order valence-electron chi connectivity index (χ0n) is 19.6. The molecule has 5 heterocycles. The molecule has 1 aliphatic heterocycles. The van der Waals surface area contributed by atoms with Gasteiger partial charge in [0.25, 0.3) is 0 Å². The molecule has 10 heteroatoms. The van der Waals surface area contributed by atoms with Crippen LogP contribution >= 0.6 is 0 Å². The van der Waals surface area contributed by atoms with Gasteiger partial charge in [0.05, 0.1) is 41.8 Å². The maximum Gasteiger partial charge on any atom is 0.157 e. The van der Waals surface area contributed by atoms with Crippen molar-refractivity contribution in [1.29, 1.82) is 0 Å². The van der Waals surface area contributed by atoms with Gasteiger partial charge in [0.1, 0.15) is 17.7 Å².